The lowest BCUT2D eigenvalue weighted by Crippen LogP contribution is -2.41. The average molecular weight is 287 g/mol. The van der Waals surface area contributed by atoms with Gasteiger partial charge in [-0.3, -0.25) is 0 Å². The molecule has 2 aliphatic heterocycles. The standard InChI is InChI=1S/C18H29N3/c1-15-14-21(12-10-17-8-5-6-11-20(17)2)18-9-4-3-7-16(18)13-19-15/h3-4,7,9,15,17,19H,5-6,8,10-14H2,1-2H3. The molecule has 1 saturated heterocycles. The van der Waals surface area contributed by atoms with Crippen LogP contribution in [0.3, 0.4) is 0 Å². The molecule has 1 N–H and O–H groups in total. The Morgan fingerprint density at radius 1 is 1.24 bits per heavy atom. The Morgan fingerprint density at radius 2 is 2.10 bits per heavy atom. The van der Waals surface area contributed by atoms with Gasteiger partial charge < -0.3 is 15.1 Å². The van der Waals surface area contributed by atoms with Crippen LogP contribution in [0.15, 0.2) is 24.3 Å². The quantitative estimate of drug-likeness (QED) is 0.922. The van der Waals surface area contributed by atoms with Crippen LogP contribution in [0.4, 0.5) is 5.69 Å². The SMILES string of the molecule is CC1CN(CCC2CCCCN2C)c2ccccc2CN1. The second-order valence-corrected chi connectivity index (χ2v) is 6.78. The molecule has 2 aliphatic rings. The minimum absolute atomic E-state index is 0.557. The van der Waals surface area contributed by atoms with Crippen LogP contribution >= 0.6 is 0 Å². The number of nitrogens with zero attached hydrogens (tertiary/aromatic N) is 2. The number of fused-ring (bicyclic) bond motifs is 1. The second kappa shape index (κ2) is 6.80. The van der Waals surface area contributed by atoms with Crippen LogP contribution in [0.1, 0.15) is 38.2 Å². The van der Waals surface area contributed by atoms with Crippen molar-refractivity contribution in [2.24, 2.45) is 0 Å². The van der Waals surface area contributed by atoms with Crippen molar-refractivity contribution < 1.29 is 0 Å². The molecule has 0 radical (unpaired) electrons. The Bertz CT molecular complexity index is 460. The molecule has 1 aromatic carbocycles. The summed E-state index contributed by atoms with van der Waals surface area (Å²) in [6.07, 6.45) is 5.45. The van der Waals surface area contributed by atoms with Gasteiger partial charge in [0.15, 0.2) is 0 Å². The van der Waals surface area contributed by atoms with Crippen LogP contribution in [0.25, 0.3) is 0 Å². The molecule has 3 nitrogen and oxygen atoms in total. The third-order valence-electron chi connectivity index (χ3n) is 5.12. The summed E-state index contributed by atoms with van der Waals surface area (Å²) < 4.78 is 0. The fraction of sp³-hybridized carbons (Fsp3) is 0.667. The number of nitrogens with one attached hydrogen (secondary N) is 1. The Balaban J connectivity index is 1.68. The molecule has 3 rings (SSSR count). The van der Waals surface area contributed by atoms with E-state index in [4.69, 9.17) is 0 Å². The molecule has 2 atom stereocenters. The van der Waals surface area contributed by atoms with Gasteiger partial charge >= 0.3 is 0 Å². The summed E-state index contributed by atoms with van der Waals surface area (Å²) in [7, 11) is 2.30. The third-order valence-corrected chi connectivity index (χ3v) is 5.12. The zero-order valence-corrected chi connectivity index (χ0v) is 13.5. The highest BCUT2D eigenvalue weighted by atomic mass is 15.2. The van der Waals surface area contributed by atoms with Gasteiger partial charge in [0, 0.05) is 37.4 Å². The smallest absolute Gasteiger partial charge is 0.0412 e. The van der Waals surface area contributed by atoms with E-state index in [2.05, 4.69) is 53.4 Å². The van der Waals surface area contributed by atoms with E-state index in [0.717, 1.165) is 19.1 Å². The average Bonchev–Trinajstić information content (AvgIpc) is 2.66. The number of likely N-dealkylation sites (tertiary alicyclic amines) is 1. The monoisotopic (exact) mass is 287 g/mol. The van der Waals surface area contributed by atoms with Crippen molar-refractivity contribution in [2.45, 2.75) is 51.2 Å². The Morgan fingerprint density at radius 3 is 2.95 bits per heavy atom. The topological polar surface area (TPSA) is 18.5 Å². The van der Waals surface area contributed by atoms with Gasteiger partial charge in [-0.1, -0.05) is 24.6 Å². The van der Waals surface area contributed by atoms with E-state index in [1.54, 1.807) is 0 Å². The van der Waals surface area contributed by atoms with E-state index in [9.17, 15) is 0 Å². The summed E-state index contributed by atoms with van der Waals surface area (Å²) in [4.78, 5) is 5.16. The van der Waals surface area contributed by atoms with E-state index < -0.39 is 0 Å². The summed E-state index contributed by atoms with van der Waals surface area (Å²) in [6, 6.07) is 10.2. The summed E-state index contributed by atoms with van der Waals surface area (Å²) in [5.41, 5.74) is 2.88. The number of benzene rings is 1. The van der Waals surface area contributed by atoms with Gasteiger partial charge in [-0.2, -0.15) is 0 Å². The molecule has 116 valence electrons. The second-order valence-electron chi connectivity index (χ2n) is 6.78. The normalized spacial score (nSPS) is 27.2. The minimum Gasteiger partial charge on any atom is -0.370 e. The first-order chi connectivity index (χ1) is 10.2. The fourth-order valence-corrected chi connectivity index (χ4v) is 3.77. The maximum Gasteiger partial charge on any atom is 0.0412 e. The van der Waals surface area contributed by atoms with Crippen molar-refractivity contribution in [3.63, 3.8) is 0 Å². The third kappa shape index (κ3) is 3.58. The molecular weight excluding hydrogens is 258 g/mol. The first-order valence-electron chi connectivity index (χ1n) is 8.50. The molecule has 0 amide bonds. The molecular formula is C18H29N3. The van der Waals surface area contributed by atoms with Gasteiger partial charge in [0.2, 0.25) is 0 Å². The first-order valence-corrected chi connectivity index (χ1v) is 8.50. The Kier molecular flexibility index (Phi) is 4.81. The molecule has 3 heteroatoms. The summed E-state index contributed by atoms with van der Waals surface area (Å²) in [6.45, 7) is 6.87. The maximum atomic E-state index is 3.63. The van der Waals surface area contributed by atoms with Crippen LogP contribution < -0.4 is 10.2 Å². The van der Waals surface area contributed by atoms with Crippen LogP contribution in [-0.4, -0.2) is 43.7 Å². The molecule has 1 fully saturated rings. The summed E-state index contributed by atoms with van der Waals surface area (Å²) >= 11 is 0. The van der Waals surface area contributed by atoms with Crippen molar-refractivity contribution in [3.8, 4) is 0 Å². The fourth-order valence-electron chi connectivity index (χ4n) is 3.77. The van der Waals surface area contributed by atoms with Crippen molar-refractivity contribution in [3.05, 3.63) is 29.8 Å². The molecule has 0 spiro atoms. The van der Waals surface area contributed by atoms with Gasteiger partial charge in [0.1, 0.15) is 0 Å². The van der Waals surface area contributed by atoms with Gasteiger partial charge in [-0.15, -0.1) is 0 Å². The highest BCUT2D eigenvalue weighted by molar-refractivity contribution is 5.54. The molecule has 0 bridgehead atoms. The molecule has 1 aromatic rings. The number of hydrogen-bond donors (Lipinski definition) is 1. The van der Waals surface area contributed by atoms with Crippen molar-refractivity contribution >= 4 is 5.69 Å². The summed E-state index contributed by atoms with van der Waals surface area (Å²) in [5, 5.41) is 3.63. The number of rotatable bonds is 3. The van der Waals surface area contributed by atoms with Crippen LogP contribution in [0, 0.1) is 0 Å². The van der Waals surface area contributed by atoms with Crippen molar-refractivity contribution in [1.82, 2.24) is 10.2 Å². The Hall–Kier alpha value is -1.06. The van der Waals surface area contributed by atoms with Crippen LogP contribution in [0.5, 0.6) is 0 Å². The number of piperidine rings is 1. The minimum atomic E-state index is 0.557. The van der Waals surface area contributed by atoms with Gasteiger partial charge in [-0.05, 0) is 51.4 Å². The van der Waals surface area contributed by atoms with Crippen LogP contribution in [0.2, 0.25) is 0 Å². The lowest BCUT2D eigenvalue weighted by atomic mass is 9.99. The van der Waals surface area contributed by atoms with E-state index in [0.29, 0.717) is 6.04 Å². The molecule has 2 heterocycles. The highest BCUT2D eigenvalue weighted by Crippen LogP contribution is 2.25. The van der Waals surface area contributed by atoms with E-state index >= 15 is 0 Å². The molecule has 0 aliphatic carbocycles. The van der Waals surface area contributed by atoms with E-state index in [1.807, 2.05) is 0 Å². The number of hydrogen-bond acceptors (Lipinski definition) is 3. The van der Waals surface area contributed by atoms with Gasteiger partial charge in [-0.25, -0.2) is 0 Å². The lowest BCUT2D eigenvalue weighted by molar-refractivity contribution is 0.177. The predicted octanol–water partition coefficient (Wildman–Crippen LogP) is 2.86. The highest BCUT2D eigenvalue weighted by Gasteiger charge is 2.22. The van der Waals surface area contributed by atoms with Crippen molar-refractivity contribution in [2.75, 3.05) is 31.6 Å². The van der Waals surface area contributed by atoms with Gasteiger partial charge in [0.25, 0.3) is 0 Å². The molecule has 0 aromatic heterocycles. The molecule has 21 heavy (non-hydrogen) atoms. The molecule has 0 saturated carbocycles. The largest absolute Gasteiger partial charge is 0.370 e. The Labute approximate surface area is 129 Å². The van der Waals surface area contributed by atoms with Crippen LogP contribution in [-0.2, 0) is 6.54 Å². The number of anilines is 1. The lowest BCUT2D eigenvalue weighted by Gasteiger charge is -2.35. The van der Waals surface area contributed by atoms with E-state index in [-0.39, 0.29) is 0 Å². The summed E-state index contributed by atoms with van der Waals surface area (Å²) in [5.74, 6) is 0. The zero-order chi connectivity index (χ0) is 14.7. The van der Waals surface area contributed by atoms with E-state index in [1.165, 1.54) is 50.0 Å². The molecule has 2 unspecified atom stereocenters. The van der Waals surface area contributed by atoms with Crippen molar-refractivity contribution in [1.29, 1.82) is 0 Å². The maximum absolute atomic E-state index is 3.63. The predicted molar refractivity (Wildman–Crippen MR) is 89.8 cm³/mol. The number of para-hydroxylation sites is 1. The first kappa shape index (κ1) is 14.9. The zero-order valence-electron chi connectivity index (χ0n) is 13.5. The van der Waals surface area contributed by atoms with Gasteiger partial charge in [0.05, 0.1) is 0 Å².